The van der Waals surface area contributed by atoms with Gasteiger partial charge in [0.15, 0.2) is 11.6 Å². The minimum atomic E-state index is 0.715. The van der Waals surface area contributed by atoms with Gasteiger partial charge in [0.1, 0.15) is 12.1 Å². The molecule has 6 nitrogen and oxygen atoms in total. The number of rotatable bonds is 6. The van der Waals surface area contributed by atoms with Gasteiger partial charge in [-0.3, -0.25) is 5.10 Å². The molecule has 5 rings (SSSR count). The highest BCUT2D eigenvalue weighted by molar-refractivity contribution is 7.17. The van der Waals surface area contributed by atoms with Gasteiger partial charge in [0.2, 0.25) is 0 Å². The molecule has 0 aliphatic heterocycles. The lowest BCUT2D eigenvalue weighted by Crippen LogP contribution is -2.06. The van der Waals surface area contributed by atoms with Gasteiger partial charge in [0.25, 0.3) is 0 Å². The molecular weight excluding hydrogens is 392 g/mol. The Bertz CT molecular complexity index is 1290. The van der Waals surface area contributed by atoms with Gasteiger partial charge in [-0.05, 0) is 36.4 Å². The van der Waals surface area contributed by atoms with Gasteiger partial charge in [-0.15, -0.1) is 11.3 Å². The molecule has 0 amide bonds. The molecule has 0 atom stereocenters. The van der Waals surface area contributed by atoms with Crippen LogP contribution in [0, 0.1) is 6.92 Å². The summed E-state index contributed by atoms with van der Waals surface area (Å²) < 4.78 is 1.10. The van der Waals surface area contributed by atoms with Crippen LogP contribution in [0.3, 0.4) is 0 Å². The van der Waals surface area contributed by atoms with Crippen LogP contribution < -0.4 is 5.32 Å². The van der Waals surface area contributed by atoms with Crippen LogP contribution in [0.1, 0.15) is 11.1 Å². The number of hydrogen-bond acceptors (Lipinski definition) is 6. The number of H-pyrrole nitrogens is 1. The van der Waals surface area contributed by atoms with E-state index in [1.165, 1.54) is 11.1 Å². The predicted molar refractivity (Wildman–Crippen MR) is 122 cm³/mol. The first-order valence-corrected chi connectivity index (χ1v) is 10.6. The first kappa shape index (κ1) is 18.4. The summed E-state index contributed by atoms with van der Waals surface area (Å²) >= 11 is 1.66. The fraction of sp³-hybridized carbons (Fsp3) is 0.130. The minimum absolute atomic E-state index is 0.715. The van der Waals surface area contributed by atoms with Gasteiger partial charge in [0, 0.05) is 17.7 Å². The van der Waals surface area contributed by atoms with Crippen molar-refractivity contribution in [3.63, 3.8) is 0 Å². The Morgan fingerprint density at radius 2 is 1.90 bits per heavy atom. The van der Waals surface area contributed by atoms with Crippen LogP contribution in [0.25, 0.3) is 33.0 Å². The third kappa shape index (κ3) is 3.79. The number of aryl methyl sites for hydroxylation is 1. The summed E-state index contributed by atoms with van der Waals surface area (Å²) in [5, 5.41) is 12.9. The van der Waals surface area contributed by atoms with Crippen molar-refractivity contribution >= 4 is 27.4 Å². The van der Waals surface area contributed by atoms with Crippen LogP contribution in [0.5, 0.6) is 0 Å². The number of aromatic amines is 1. The van der Waals surface area contributed by atoms with E-state index in [1.807, 2.05) is 23.6 Å². The van der Waals surface area contributed by atoms with Crippen LogP contribution in [0.2, 0.25) is 0 Å². The highest BCUT2D eigenvalue weighted by Crippen LogP contribution is 2.25. The van der Waals surface area contributed by atoms with Gasteiger partial charge in [-0.2, -0.15) is 5.10 Å². The highest BCUT2D eigenvalue weighted by atomic mass is 32.1. The lowest BCUT2D eigenvalue weighted by atomic mass is 10.1. The van der Waals surface area contributed by atoms with E-state index in [-0.39, 0.29) is 0 Å². The summed E-state index contributed by atoms with van der Waals surface area (Å²) in [6, 6.07) is 18.6. The number of nitrogens with one attached hydrogen (secondary N) is 2. The maximum absolute atomic E-state index is 4.66. The normalized spacial score (nSPS) is 11.1. The minimum Gasteiger partial charge on any atom is -0.368 e. The Labute approximate surface area is 178 Å². The zero-order valence-corrected chi connectivity index (χ0v) is 17.3. The molecule has 0 fully saturated rings. The Hall–Kier alpha value is -3.58. The Balaban J connectivity index is 1.24. The number of aromatic nitrogens is 5. The smallest absolute Gasteiger partial charge is 0.181 e. The van der Waals surface area contributed by atoms with Gasteiger partial charge in [0.05, 0.1) is 10.2 Å². The second-order valence-corrected chi connectivity index (χ2v) is 8.02. The average molecular weight is 413 g/mol. The van der Waals surface area contributed by atoms with E-state index < -0.39 is 0 Å². The number of fused-ring (bicyclic) bond motifs is 1. The molecule has 3 heterocycles. The molecule has 0 aliphatic carbocycles. The molecule has 0 unspecified atom stereocenters. The Morgan fingerprint density at radius 1 is 1.00 bits per heavy atom. The van der Waals surface area contributed by atoms with Crippen LogP contribution in [-0.2, 0) is 6.42 Å². The summed E-state index contributed by atoms with van der Waals surface area (Å²) in [6.45, 7) is 2.88. The lowest BCUT2D eigenvalue weighted by molar-refractivity contribution is 1.01. The van der Waals surface area contributed by atoms with Crippen molar-refractivity contribution in [3.05, 3.63) is 77.4 Å². The zero-order valence-electron chi connectivity index (χ0n) is 16.5. The molecule has 0 radical (unpaired) electrons. The van der Waals surface area contributed by atoms with E-state index in [0.717, 1.165) is 46.0 Å². The van der Waals surface area contributed by atoms with Gasteiger partial charge < -0.3 is 5.32 Å². The molecule has 7 heteroatoms. The molecular formula is C23H20N6S. The van der Waals surface area contributed by atoms with Gasteiger partial charge >= 0.3 is 0 Å². The molecule has 0 aliphatic rings. The summed E-state index contributed by atoms with van der Waals surface area (Å²) in [6.07, 6.45) is 2.51. The Kier molecular flexibility index (Phi) is 4.94. The first-order chi connectivity index (χ1) is 14.8. The molecule has 5 aromatic rings. The van der Waals surface area contributed by atoms with E-state index in [9.17, 15) is 0 Å². The molecule has 0 saturated carbocycles. The highest BCUT2D eigenvalue weighted by Gasteiger charge is 2.08. The van der Waals surface area contributed by atoms with E-state index in [1.54, 1.807) is 17.7 Å². The molecule has 2 aromatic carbocycles. The number of nitrogens with zero attached hydrogens (tertiary/aromatic N) is 4. The van der Waals surface area contributed by atoms with E-state index >= 15 is 0 Å². The fourth-order valence-corrected chi connectivity index (χ4v) is 4.18. The number of anilines is 1. The maximum atomic E-state index is 4.66. The second-order valence-electron chi connectivity index (χ2n) is 7.11. The van der Waals surface area contributed by atoms with Crippen LogP contribution in [-0.4, -0.2) is 31.7 Å². The standard InChI is InChI=1S/C23H20N6S/c1-15-3-2-4-18(13-15)22-27-21(28-29-22)17-7-5-16(6-8-17)9-11-24-23-20-19(10-12-30-20)25-14-26-23/h2-8,10,12-14H,9,11H2,1H3,(H,24,25,26)(H,27,28,29). The molecule has 3 aromatic heterocycles. The van der Waals surface area contributed by atoms with Crippen LogP contribution in [0.15, 0.2) is 66.3 Å². The van der Waals surface area contributed by atoms with Gasteiger partial charge in [-0.1, -0.05) is 48.0 Å². The summed E-state index contributed by atoms with van der Waals surface area (Å²) in [5.41, 5.74) is 5.47. The summed E-state index contributed by atoms with van der Waals surface area (Å²) in [7, 11) is 0. The van der Waals surface area contributed by atoms with Gasteiger partial charge in [-0.25, -0.2) is 15.0 Å². The Morgan fingerprint density at radius 3 is 2.77 bits per heavy atom. The summed E-state index contributed by atoms with van der Waals surface area (Å²) in [5.74, 6) is 2.39. The second kappa shape index (κ2) is 8.04. The third-order valence-electron chi connectivity index (χ3n) is 4.94. The SMILES string of the molecule is Cc1cccc(-c2n[nH]c(-c3ccc(CCNc4ncnc5ccsc45)cc3)n2)c1. The fourth-order valence-electron chi connectivity index (χ4n) is 3.37. The number of hydrogen-bond donors (Lipinski definition) is 2. The van der Waals surface area contributed by atoms with Crippen molar-refractivity contribution < 1.29 is 0 Å². The van der Waals surface area contributed by atoms with E-state index in [2.05, 4.69) is 73.8 Å². The molecule has 0 saturated heterocycles. The van der Waals surface area contributed by atoms with Crippen molar-refractivity contribution in [1.29, 1.82) is 0 Å². The zero-order chi connectivity index (χ0) is 20.3. The van der Waals surface area contributed by atoms with Crippen molar-refractivity contribution in [2.24, 2.45) is 0 Å². The largest absolute Gasteiger partial charge is 0.368 e. The first-order valence-electron chi connectivity index (χ1n) is 9.77. The van der Waals surface area contributed by atoms with E-state index in [4.69, 9.17) is 0 Å². The maximum Gasteiger partial charge on any atom is 0.181 e. The summed E-state index contributed by atoms with van der Waals surface area (Å²) in [4.78, 5) is 13.3. The van der Waals surface area contributed by atoms with Crippen molar-refractivity contribution in [3.8, 4) is 22.8 Å². The number of benzene rings is 2. The van der Waals surface area contributed by atoms with Crippen molar-refractivity contribution in [2.75, 3.05) is 11.9 Å². The van der Waals surface area contributed by atoms with Crippen LogP contribution in [0.4, 0.5) is 5.82 Å². The monoisotopic (exact) mass is 412 g/mol. The lowest BCUT2D eigenvalue weighted by Gasteiger charge is -2.07. The quantitative estimate of drug-likeness (QED) is 0.405. The molecule has 148 valence electrons. The van der Waals surface area contributed by atoms with Crippen molar-refractivity contribution in [2.45, 2.75) is 13.3 Å². The molecule has 0 bridgehead atoms. The van der Waals surface area contributed by atoms with E-state index in [0.29, 0.717) is 5.82 Å². The molecule has 30 heavy (non-hydrogen) atoms. The molecule has 0 spiro atoms. The van der Waals surface area contributed by atoms with Crippen molar-refractivity contribution in [1.82, 2.24) is 25.1 Å². The predicted octanol–water partition coefficient (Wildman–Crippen LogP) is 5.11. The topological polar surface area (TPSA) is 79.4 Å². The molecule has 2 N–H and O–H groups in total. The number of thiophene rings is 1. The third-order valence-corrected chi connectivity index (χ3v) is 5.85. The van der Waals surface area contributed by atoms with Crippen LogP contribution >= 0.6 is 11.3 Å². The average Bonchev–Trinajstić information content (AvgIpc) is 3.45.